The Morgan fingerprint density at radius 3 is 1.03 bits per heavy atom. The number of alkyl halides is 12. The molecule has 0 amide bonds. The van der Waals surface area contributed by atoms with E-state index in [-0.39, 0.29) is 0 Å². The van der Waals surface area contributed by atoms with E-state index in [2.05, 4.69) is 13.6 Å². The van der Waals surface area contributed by atoms with Crippen molar-refractivity contribution in [1.29, 1.82) is 0 Å². The van der Waals surface area contributed by atoms with Gasteiger partial charge in [-0.15, -0.1) is 0 Å². The van der Waals surface area contributed by atoms with E-state index in [1.165, 1.54) is 12.1 Å². The summed E-state index contributed by atoms with van der Waals surface area (Å²) in [4.78, 5) is 0. The van der Waals surface area contributed by atoms with Gasteiger partial charge in [0.05, 0.1) is 0 Å². The maximum atomic E-state index is 13.6. The minimum atomic E-state index is -6.27. The van der Waals surface area contributed by atoms with Gasteiger partial charge in [-0.1, -0.05) is 60.7 Å². The van der Waals surface area contributed by atoms with Crippen LogP contribution in [0.5, 0.6) is 0 Å². The Morgan fingerprint density at radius 2 is 0.771 bits per heavy atom. The monoisotopic (exact) mass is 548 g/mol. The van der Waals surface area contributed by atoms with Crippen LogP contribution in [0.25, 0.3) is 0 Å². The lowest BCUT2D eigenvalue weighted by Gasteiger charge is -2.32. The second-order valence-electron chi connectivity index (χ2n) is 6.67. The van der Waals surface area contributed by atoms with Gasteiger partial charge in [0, 0.05) is 0 Å². The minimum absolute atomic E-state index is 0.745. The first-order chi connectivity index (χ1) is 15.9. The summed E-state index contributed by atoms with van der Waals surface area (Å²) in [6.07, 6.45) is -34.9. The zero-order valence-electron chi connectivity index (χ0n) is 16.7. The van der Waals surface area contributed by atoms with Crippen LogP contribution < -0.4 is 0 Å². The van der Waals surface area contributed by atoms with Crippen LogP contribution in [0, 0.1) is 0 Å². The molecule has 0 aromatic heterocycles. The van der Waals surface area contributed by atoms with Crippen LogP contribution in [0.2, 0.25) is 0 Å². The molecule has 35 heavy (non-hydrogen) atoms. The van der Waals surface area contributed by atoms with Crippen molar-refractivity contribution in [2.75, 3.05) is 0 Å². The van der Waals surface area contributed by atoms with E-state index in [0.717, 1.165) is 48.5 Å². The summed E-state index contributed by atoms with van der Waals surface area (Å²) in [6, 6.07) is 9.54. The lowest BCUT2D eigenvalue weighted by molar-refractivity contribution is -0.304. The Morgan fingerprint density at radius 1 is 0.457 bits per heavy atom. The predicted molar refractivity (Wildman–Crippen MR) is 96.5 cm³/mol. The van der Waals surface area contributed by atoms with Crippen LogP contribution in [0.15, 0.2) is 60.7 Å². The average Bonchev–Trinajstić information content (AvgIpc) is 2.70. The summed E-state index contributed by atoms with van der Waals surface area (Å²) in [7, 11) is -4.56. The Kier molecular flexibility index (Phi) is 9.07. The standard InChI is InChI=1S/C19H13F12O3P/c20-16(21,22)13(11-7-3-1-4-8-11)32-35(34-15(18(26,27)28)19(29,30)31)33-14(17(23,24)25)12-9-5-2-6-10-12/h1-10,13-15H. The molecule has 0 aliphatic heterocycles. The van der Waals surface area contributed by atoms with Crippen LogP contribution >= 0.6 is 8.60 Å². The number of benzene rings is 2. The second kappa shape index (κ2) is 10.9. The zero-order valence-corrected chi connectivity index (χ0v) is 17.6. The number of hydrogen-bond acceptors (Lipinski definition) is 3. The predicted octanol–water partition coefficient (Wildman–Crippen LogP) is 8.36. The molecule has 0 N–H and O–H groups in total. The summed E-state index contributed by atoms with van der Waals surface area (Å²) in [5.41, 5.74) is -1.67. The topological polar surface area (TPSA) is 27.7 Å². The van der Waals surface area contributed by atoms with Crippen LogP contribution in [0.3, 0.4) is 0 Å². The molecule has 0 radical (unpaired) electrons. The normalized spacial score (nSPS) is 16.3. The zero-order chi connectivity index (χ0) is 26.7. The highest BCUT2D eigenvalue weighted by Crippen LogP contribution is 2.57. The molecule has 0 spiro atoms. The van der Waals surface area contributed by atoms with Crippen molar-refractivity contribution in [2.45, 2.75) is 43.0 Å². The van der Waals surface area contributed by atoms with Crippen molar-refractivity contribution >= 4 is 8.60 Å². The van der Waals surface area contributed by atoms with E-state index < -0.39 is 62.7 Å². The quantitative estimate of drug-likeness (QED) is 0.245. The summed E-state index contributed by atoms with van der Waals surface area (Å²) in [6.45, 7) is 0. The van der Waals surface area contributed by atoms with E-state index in [1.54, 1.807) is 0 Å². The highest BCUT2D eigenvalue weighted by molar-refractivity contribution is 7.41. The molecule has 0 bridgehead atoms. The van der Waals surface area contributed by atoms with E-state index in [0.29, 0.717) is 0 Å². The molecule has 0 fully saturated rings. The van der Waals surface area contributed by atoms with Gasteiger partial charge in [0.15, 0.2) is 12.2 Å². The van der Waals surface area contributed by atoms with Crippen molar-refractivity contribution in [3.63, 3.8) is 0 Å². The third-order valence-electron chi connectivity index (χ3n) is 3.97. The number of rotatable bonds is 8. The lowest BCUT2D eigenvalue weighted by Crippen LogP contribution is -2.43. The summed E-state index contributed by atoms with van der Waals surface area (Å²) in [5.74, 6) is 0. The maximum absolute atomic E-state index is 13.6. The van der Waals surface area contributed by atoms with Crippen LogP contribution in [0.4, 0.5) is 52.7 Å². The van der Waals surface area contributed by atoms with E-state index in [4.69, 9.17) is 0 Å². The Hall–Kier alpha value is -2.09. The molecule has 3 nitrogen and oxygen atoms in total. The highest BCUT2D eigenvalue weighted by Gasteiger charge is 2.61. The van der Waals surface area contributed by atoms with Crippen molar-refractivity contribution in [3.8, 4) is 0 Å². The largest absolute Gasteiger partial charge is 0.424 e. The third kappa shape index (κ3) is 8.51. The van der Waals surface area contributed by atoms with Crippen LogP contribution in [-0.2, 0) is 13.6 Å². The molecule has 0 aliphatic carbocycles. The number of halogens is 12. The molecule has 2 rings (SSSR count). The minimum Gasteiger partial charge on any atom is -0.294 e. The molecular formula is C19H13F12O3P. The van der Waals surface area contributed by atoms with Gasteiger partial charge in [0.25, 0.3) is 6.10 Å². The fourth-order valence-electron chi connectivity index (χ4n) is 2.51. The second-order valence-corrected chi connectivity index (χ2v) is 7.75. The number of hydrogen-bond donors (Lipinski definition) is 0. The SMILES string of the molecule is FC(F)(F)C(OP(OC(c1ccccc1)C(F)(F)F)OC(C(F)(F)F)C(F)(F)F)c1ccccc1. The van der Waals surface area contributed by atoms with Crippen molar-refractivity contribution in [1.82, 2.24) is 0 Å². The van der Waals surface area contributed by atoms with E-state index in [1.807, 2.05) is 0 Å². The van der Waals surface area contributed by atoms with Gasteiger partial charge in [-0.05, 0) is 11.1 Å². The Balaban J connectivity index is 2.54. The molecule has 2 atom stereocenters. The van der Waals surface area contributed by atoms with E-state index in [9.17, 15) is 52.7 Å². The molecular weight excluding hydrogens is 535 g/mol. The van der Waals surface area contributed by atoms with Gasteiger partial charge < -0.3 is 0 Å². The Labute approximate surface area is 190 Å². The lowest BCUT2D eigenvalue weighted by atomic mass is 10.1. The van der Waals surface area contributed by atoms with Crippen molar-refractivity contribution < 1.29 is 66.3 Å². The van der Waals surface area contributed by atoms with Crippen molar-refractivity contribution in [3.05, 3.63) is 71.8 Å². The van der Waals surface area contributed by atoms with Gasteiger partial charge in [-0.25, -0.2) is 0 Å². The molecule has 2 unspecified atom stereocenters. The van der Waals surface area contributed by atoms with Gasteiger partial charge in [-0.3, -0.25) is 13.6 Å². The summed E-state index contributed by atoms with van der Waals surface area (Å²) in [5, 5.41) is 0. The molecule has 196 valence electrons. The van der Waals surface area contributed by atoms with Gasteiger partial charge >= 0.3 is 33.3 Å². The van der Waals surface area contributed by atoms with Gasteiger partial charge in [0.2, 0.25) is 0 Å². The maximum Gasteiger partial charge on any atom is 0.424 e. The fraction of sp³-hybridized carbons (Fsp3) is 0.368. The fourth-order valence-corrected chi connectivity index (χ4v) is 3.90. The molecule has 2 aromatic rings. The molecule has 0 heterocycles. The molecule has 2 aromatic carbocycles. The first-order valence-electron chi connectivity index (χ1n) is 9.08. The summed E-state index contributed by atoms with van der Waals surface area (Å²) >= 11 is 0. The smallest absolute Gasteiger partial charge is 0.294 e. The third-order valence-corrected chi connectivity index (χ3v) is 5.12. The van der Waals surface area contributed by atoms with Crippen LogP contribution in [-0.4, -0.2) is 30.8 Å². The first-order valence-corrected chi connectivity index (χ1v) is 10.2. The first kappa shape index (κ1) is 29.1. The van der Waals surface area contributed by atoms with Crippen molar-refractivity contribution in [2.24, 2.45) is 0 Å². The molecule has 16 heteroatoms. The molecule has 0 saturated carbocycles. The Bertz CT molecular complexity index is 840. The van der Waals surface area contributed by atoms with E-state index >= 15 is 0 Å². The molecule has 0 aliphatic rings. The van der Waals surface area contributed by atoms with Gasteiger partial charge in [0.1, 0.15) is 0 Å². The van der Waals surface area contributed by atoms with Gasteiger partial charge in [-0.2, -0.15) is 52.7 Å². The average molecular weight is 548 g/mol. The van der Waals surface area contributed by atoms with Crippen LogP contribution in [0.1, 0.15) is 23.3 Å². The summed E-state index contributed by atoms with van der Waals surface area (Å²) < 4.78 is 171. The molecule has 0 saturated heterocycles. The highest BCUT2D eigenvalue weighted by atomic mass is 31.2.